The van der Waals surface area contributed by atoms with E-state index in [0.29, 0.717) is 57.4 Å². The van der Waals surface area contributed by atoms with Crippen LogP contribution in [0.4, 0.5) is 0 Å². The molecule has 6 heteroatoms. The van der Waals surface area contributed by atoms with Gasteiger partial charge >= 0.3 is 0 Å². The Morgan fingerprint density at radius 3 is 2.36 bits per heavy atom. The van der Waals surface area contributed by atoms with Crippen molar-refractivity contribution >= 4 is 21.8 Å². The van der Waals surface area contributed by atoms with Crippen LogP contribution in [0.25, 0.3) is 0 Å². The van der Waals surface area contributed by atoms with Crippen LogP contribution in [0.1, 0.15) is 19.4 Å². The maximum atomic E-state index is 12.4. The van der Waals surface area contributed by atoms with E-state index in [4.69, 9.17) is 14.2 Å². The highest BCUT2D eigenvalue weighted by atomic mass is 79.9. The van der Waals surface area contributed by atoms with Crippen molar-refractivity contribution < 1.29 is 19.0 Å². The normalized spacial score (nSPS) is 14.8. The summed E-state index contributed by atoms with van der Waals surface area (Å²) in [6, 6.07) is 3.76. The molecule has 22 heavy (non-hydrogen) atoms. The number of morpholine rings is 1. The maximum absolute atomic E-state index is 12.4. The Kier molecular flexibility index (Phi) is 6.51. The van der Waals surface area contributed by atoms with Gasteiger partial charge in [0.2, 0.25) is 5.91 Å². The number of hydrogen-bond acceptors (Lipinski definition) is 4. The summed E-state index contributed by atoms with van der Waals surface area (Å²) in [5.74, 6) is 1.48. The van der Waals surface area contributed by atoms with Gasteiger partial charge in [-0.2, -0.15) is 0 Å². The van der Waals surface area contributed by atoms with Crippen LogP contribution < -0.4 is 9.47 Å². The van der Waals surface area contributed by atoms with Crippen LogP contribution in [0.2, 0.25) is 0 Å². The van der Waals surface area contributed by atoms with Crippen molar-refractivity contribution in [2.75, 3.05) is 39.5 Å². The van der Waals surface area contributed by atoms with Gasteiger partial charge in [0.05, 0.1) is 32.8 Å². The van der Waals surface area contributed by atoms with E-state index < -0.39 is 0 Å². The SMILES string of the molecule is CCOc1cc(Br)c(CC(=O)N2CCOCC2)cc1OCC. The molecule has 1 amide bonds. The van der Waals surface area contributed by atoms with E-state index in [1.54, 1.807) is 0 Å². The van der Waals surface area contributed by atoms with Crippen LogP contribution in [0, 0.1) is 0 Å². The number of amides is 1. The van der Waals surface area contributed by atoms with E-state index in [1.807, 2.05) is 30.9 Å². The molecule has 122 valence electrons. The van der Waals surface area contributed by atoms with Crippen molar-refractivity contribution in [2.24, 2.45) is 0 Å². The van der Waals surface area contributed by atoms with E-state index in [9.17, 15) is 4.79 Å². The highest BCUT2D eigenvalue weighted by molar-refractivity contribution is 9.10. The quantitative estimate of drug-likeness (QED) is 0.771. The second-order valence-corrected chi connectivity index (χ2v) is 5.78. The first kappa shape index (κ1) is 17.1. The molecule has 1 fully saturated rings. The van der Waals surface area contributed by atoms with Gasteiger partial charge in [-0.05, 0) is 31.5 Å². The molecule has 1 aliphatic rings. The molecule has 0 spiro atoms. The fourth-order valence-corrected chi connectivity index (χ4v) is 2.80. The van der Waals surface area contributed by atoms with Crippen LogP contribution in [-0.2, 0) is 16.0 Å². The zero-order valence-electron chi connectivity index (χ0n) is 13.1. The molecule has 5 nitrogen and oxygen atoms in total. The lowest BCUT2D eigenvalue weighted by Crippen LogP contribution is -2.41. The van der Waals surface area contributed by atoms with Gasteiger partial charge in [-0.15, -0.1) is 0 Å². The molecule has 1 saturated heterocycles. The summed E-state index contributed by atoms with van der Waals surface area (Å²) < 4.78 is 17.3. The van der Waals surface area contributed by atoms with Gasteiger partial charge in [0.1, 0.15) is 0 Å². The van der Waals surface area contributed by atoms with Crippen molar-refractivity contribution in [2.45, 2.75) is 20.3 Å². The summed E-state index contributed by atoms with van der Waals surface area (Å²) in [4.78, 5) is 14.2. The summed E-state index contributed by atoms with van der Waals surface area (Å²) in [5.41, 5.74) is 0.906. The molecule has 0 bridgehead atoms. The van der Waals surface area contributed by atoms with E-state index in [-0.39, 0.29) is 5.91 Å². The molecule has 0 N–H and O–H groups in total. The molecular formula is C16H22BrNO4. The Morgan fingerprint density at radius 1 is 1.18 bits per heavy atom. The molecule has 0 radical (unpaired) electrons. The number of hydrogen-bond donors (Lipinski definition) is 0. The molecule has 0 aromatic heterocycles. The summed E-state index contributed by atoms with van der Waals surface area (Å²) in [6.07, 6.45) is 0.340. The fraction of sp³-hybridized carbons (Fsp3) is 0.562. The molecule has 0 unspecified atom stereocenters. The van der Waals surface area contributed by atoms with Crippen LogP contribution in [0.5, 0.6) is 11.5 Å². The van der Waals surface area contributed by atoms with Gasteiger partial charge in [0.15, 0.2) is 11.5 Å². The third-order valence-electron chi connectivity index (χ3n) is 3.42. The highest BCUT2D eigenvalue weighted by Gasteiger charge is 2.19. The first-order valence-corrected chi connectivity index (χ1v) is 8.38. The topological polar surface area (TPSA) is 48.0 Å². The summed E-state index contributed by atoms with van der Waals surface area (Å²) in [6.45, 7) is 7.52. The first-order valence-electron chi connectivity index (χ1n) is 7.59. The Bertz CT molecular complexity index is 515. The Balaban J connectivity index is 2.15. The molecular weight excluding hydrogens is 350 g/mol. The molecule has 0 saturated carbocycles. The number of benzene rings is 1. The summed E-state index contributed by atoms with van der Waals surface area (Å²) >= 11 is 3.52. The number of halogens is 1. The van der Waals surface area contributed by atoms with Crippen molar-refractivity contribution in [3.63, 3.8) is 0 Å². The highest BCUT2D eigenvalue weighted by Crippen LogP contribution is 2.34. The Hall–Kier alpha value is -1.27. The third-order valence-corrected chi connectivity index (χ3v) is 4.16. The zero-order valence-corrected chi connectivity index (χ0v) is 14.6. The van der Waals surface area contributed by atoms with Gasteiger partial charge in [0, 0.05) is 17.6 Å². The van der Waals surface area contributed by atoms with Crippen LogP contribution >= 0.6 is 15.9 Å². The number of ether oxygens (including phenoxy) is 3. The van der Waals surface area contributed by atoms with Crippen molar-refractivity contribution in [1.82, 2.24) is 4.90 Å². The van der Waals surface area contributed by atoms with Crippen molar-refractivity contribution in [3.05, 3.63) is 22.2 Å². The number of rotatable bonds is 6. The standard InChI is InChI=1S/C16H22BrNO4/c1-3-21-14-9-12(13(17)11-15(14)22-4-2)10-16(19)18-5-7-20-8-6-18/h9,11H,3-8,10H2,1-2H3. The Labute approximate surface area is 139 Å². The largest absolute Gasteiger partial charge is 0.490 e. The second-order valence-electron chi connectivity index (χ2n) is 4.93. The monoisotopic (exact) mass is 371 g/mol. The number of nitrogens with zero attached hydrogens (tertiary/aromatic N) is 1. The molecule has 1 aromatic carbocycles. The predicted octanol–water partition coefficient (Wildman–Crippen LogP) is 2.65. The first-order chi connectivity index (χ1) is 10.7. The molecule has 1 aromatic rings. The Morgan fingerprint density at radius 2 is 1.77 bits per heavy atom. The van der Waals surface area contributed by atoms with Gasteiger partial charge in [-0.3, -0.25) is 4.79 Å². The third kappa shape index (κ3) is 4.36. The van der Waals surface area contributed by atoms with Crippen molar-refractivity contribution in [3.8, 4) is 11.5 Å². The van der Waals surface area contributed by atoms with Crippen LogP contribution in [0.15, 0.2) is 16.6 Å². The van der Waals surface area contributed by atoms with E-state index in [2.05, 4.69) is 15.9 Å². The lowest BCUT2D eigenvalue weighted by atomic mass is 10.1. The minimum absolute atomic E-state index is 0.107. The molecule has 0 aliphatic carbocycles. The molecule has 0 atom stereocenters. The van der Waals surface area contributed by atoms with Gasteiger partial charge < -0.3 is 19.1 Å². The van der Waals surface area contributed by atoms with E-state index in [0.717, 1.165) is 10.0 Å². The summed E-state index contributed by atoms with van der Waals surface area (Å²) in [7, 11) is 0. The molecule has 2 rings (SSSR count). The van der Waals surface area contributed by atoms with Crippen LogP contribution in [0.3, 0.4) is 0 Å². The van der Waals surface area contributed by atoms with Crippen LogP contribution in [-0.4, -0.2) is 50.3 Å². The van der Waals surface area contributed by atoms with Gasteiger partial charge in [-0.1, -0.05) is 15.9 Å². The molecule has 1 aliphatic heterocycles. The van der Waals surface area contributed by atoms with E-state index in [1.165, 1.54) is 0 Å². The van der Waals surface area contributed by atoms with E-state index >= 15 is 0 Å². The minimum atomic E-state index is 0.107. The average Bonchev–Trinajstić information content (AvgIpc) is 2.53. The second kappa shape index (κ2) is 8.39. The number of carbonyl (C=O) groups excluding carboxylic acids is 1. The maximum Gasteiger partial charge on any atom is 0.227 e. The minimum Gasteiger partial charge on any atom is -0.490 e. The predicted molar refractivity (Wildman–Crippen MR) is 87.6 cm³/mol. The summed E-state index contributed by atoms with van der Waals surface area (Å²) in [5, 5.41) is 0. The number of carbonyl (C=O) groups is 1. The smallest absolute Gasteiger partial charge is 0.227 e. The van der Waals surface area contributed by atoms with Crippen molar-refractivity contribution in [1.29, 1.82) is 0 Å². The fourth-order valence-electron chi connectivity index (χ4n) is 2.34. The average molecular weight is 372 g/mol. The lowest BCUT2D eigenvalue weighted by molar-refractivity contribution is -0.134. The van der Waals surface area contributed by atoms with Gasteiger partial charge in [0.25, 0.3) is 0 Å². The molecule has 1 heterocycles. The lowest BCUT2D eigenvalue weighted by Gasteiger charge is -2.27. The zero-order chi connectivity index (χ0) is 15.9. The van der Waals surface area contributed by atoms with Gasteiger partial charge in [-0.25, -0.2) is 0 Å².